The van der Waals surface area contributed by atoms with Gasteiger partial charge in [0.05, 0.1) is 23.8 Å². The van der Waals surface area contributed by atoms with E-state index in [-0.39, 0.29) is 18.8 Å². The number of likely N-dealkylation sites (N-methyl/N-ethyl adjacent to an activating group) is 2. The molecule has 1 fully saturated rings. The van der Waals surface area contributed by atoms with E-state index in [1.165, 1.54) is 11.4 Å². The molecule has 0 bridgehead atoms. The number of sulfonamides is 1. The maximum Gasteiger partial charge on any atom is 0.243 e. The first-order valence-corrected chi connectivity index (χ1v) is 19.0. The number of amides is 2. The van der Waals surface area contributed by atoms with Crippen LogP contribution in [0.1, 0.15) is 84.6 Å². The van der Waals surface area contributed by atoms with Crippen LogP contribution < -0.4 is 10.6 Å². The summed E-state index contributed by atoms with van der Waals surface area (Å²) in [6, 6.07) is 7.31. The number of carbonyl (C=O) groups excluding carboxylic acids is 2. The molecule has 0 radical (unpaired) electrons. The molecule has 4 N–H and O–H groups in total. The summed E-state index contributed by atoms with van der Waals surface area (Å²) < 4.78 is 28.3. The van der Waals surface area contributed by atoms with E-state index >= 15 is 0 Å². The Morgan fingerprint density at radius 3 is 2.21 bits per heavy atom. The summed E-state index contributed by atoms with van der Waals surface area (Å²) in [5.74, 6) is 0.339. The lowest BCUT2D eigenvalue weighted by Gasteiger charge is -2.33. The fraction of sp³-hybridized carbons (Fsp3) is 0.722. The fourth-order valence-corrected chi connectivity index (χ4v) is 7.72. The molecule has 0 heterocycles. The average molecular weight is 677 g/mol. The SMILES string of the molecule is C#CC[C@H](NC(=O)C(Cc1ccccc1)CS(=O)(=O)N(C)CCN(CC)CC)C(=O)NC(CC1CCCCC1)[C@@H](O)C(O)CC(C)C. The predicted molar refractivity (Wildman–Crippen MR) is 188 cm³/mol. The molecule has 1 aliphatic rings. The molecular formula is C36H60N4O6S. The van der Waals surface area contributed by atoms with Crippen LogP contribution in [0.25, 0.3) is 0 Å². The maximum atomic E-state index is 13.8. The number of hydrogen-bond donors (Lipinski definition) is 4. The van der Waals surface area contributed by atoms with Crippen molar-refractivity contribution in [3.8, 4) is 12.3 Å². The minimum absolute atomic E-state index is 0.118. The summed E-state index contributed by atoms with van der Waals surface area (Å²) in [5.41, 5.74) is 0.793. The zero-order valence-corrected chi connectivity index (χ0v) is 30.1. The van der Waals surface area contributed by atoms with Gasteiger partial charge in [-0.25, -0.2) is 12.7 Å². The van der Waals surface area contributed by atoms with E-state index in [1.54, 1.807) is 0 Å². The summed E-state index contributed by atoms with van der Waals surface area (Å²) in [7, 11) is -2.30. The highest BCUT2D eigenvalue weighted by atomic mass is 32.2. The molecule has 3 unspecified atom stereocenters. The van der Waals surface area contributed by atoms with Crippen molar-refractivity contribution in [2.75, 3.05) is 39.0 Å². The van der Waals surface area contributed by atoms with Gasteiger partial charge in [0.15, 0.2) is 0 Å². The fourth-order valence-electron chi connectivity index (χ4n) is 6.32. The van der Waals surface area contributed by atoms with E-state index in [0.717, 1.165) is 50.8 Å². The molecule has 1 aliphatic carbocycles. The molecule has 2 amide bonds. The lowest BCUT2D eigenvalue weighted by atomic mass is 9.82. The van der Waals surface area contributed by atoms with Crippen molar-refractivity contribution in [3.05, 3.63) is 35.9 Å². The van der Waals surface area contributed by atoms with Gasteiger partial charge in [-0.05, 0) is 49.8 Å². The van der Waals surface area contributed by atoms with Crippen molar-refractivity contribution in [1.82, 2.24) is 19.8 Å². The summed E-state index contributed by atoms with van der Waals surface area (Å²) in [6.07, 6.45) is 9.65. The number of terminal acetylenes is 1. The number of hydrogen-bond acceptors (Lipinski definition) is 7. The van der Waals surface area contributed by atoms with Crippen LogP contribution in [0, 0.1) is 30.1 Å². The number of carbonyl (C=O) groups is 2. The Balaban J connectivity index is 2.26. The van der Waals surface area contributed by atoms with Gasteiger partial charge in [0, 0.05) is 26.6 Å². The first-order valence-electron chi connectivity index (χ1n) is 17.4. The molecule has 0 aliphatic heterocycles. The third kappa shape index (κ3) is 14.3. The van der Waals surface area contributed by atoms with Crippen LogP contribution in [0.4, 0.5) is 0 Å². The van der Waals surface area contributed by atoms with Crippen molar-refractivity contribution < 1.29 is 28.2 Å². The molecule has 1 saturated carbocycles. The first kappa shape index (κ1) is 40.7. The third-order valence-electron chi connectivity index (χ3n) is 9.32. The van der Waals surface area contributed by atoms with Crippen LogP contribution in [-0.4, -0.2) is 103 Å². The molecule has 0 spiro atoms. The molecule has 0 saturated heterocycles. The number of nitrogens with one attached hydrogen (secondary N) is 2. The van der Waals surface area contributed by atoms with E-state index in [0.29, 0.717) is 31.8 Å². The molecule has 2 rings (SSSR count). The number of aliphatic hydroxyl groups is 2. The number of aliphatic hydroxyl groups excluding tert-OH is 2. The van der Waals surface area contributed by atoms with Crippen LogP contribution in [0.3, 0.4) is 0 Å². The van der Waals surface area contributed by atoms with E-state index in [1.807, 2.05) is 58.0 Å². The maximum absolute atomic E-state index is 13.8. The summed E-state index contributed by atoms with van der Waals surface area (Å²) in [4.78, 5) is 29.7. The van der Waals surface area contributed by atoms with Gasteiger partial charge in [0.25, 0.3) is 0 Å². The molecular weight excluding hydrogens is 616 g/mol. The number of rotatable bonds is 21. The van der Waals surface area contributed by atoms with Gasteiger partial charge in [-0.1, -0.05) is 90.1 Å². The van der Waals surface area contributed by atoms with Crippen molar-refractivity contribution >= 4 is 21.8 Å². The zero-order valence-electron chi connectivity index (χ0n) is 29.2. The largest absolute Gasteiger partial charge is 0.390 e. The Kier molecular flexibility index (Phi) is 18.0. The van der Waals surface area contributed by atoms with Gasteiger partial charge >= 0.3 is 0 Å². The highest BCUT2D eigenvalue weighted by Gasteiger charge is 2.35. The van der Waals surface area contributed by atoms with Crippen molar-refractivity contribution in [2.24, 2.45) is 17.8 Å². The summed E-state index contributed by atoms with van der Waals surface area (Å²) >= 11 is 0. The molecule has 5 atom stereocenters. The predicted octanol–water partition coefficient (Wildman–Crippen LogP) is 3.18. The minimum atomic E-state index is -3.83. The average Bonchev–Trinajstić information content (AvgIpc) is 3.04. The van der Waals surface area contributed by atoms with E-state index in [2.05, 4.69) is 21.5 Å². The molecule has 47 heavy (non-hydrogen) atoms. The quantitative estimate of drug-likeness (QED) is 0.147. The Morgan fingerprint density at radius 1 is 1.00 bits per heavy atom. The van der Waals surface area contributed by atoms with Crippen molar-refractivity contribution in [3.63, 3.8) is 0 Å². The van der Waals surface area contributed by atoms with E-state index < -0.39 is 57.8 Å². The standard InChI is InChI=1S/C36H60N4O6S/c1-7-16-31(36(44)38-32(25-29-19-14-11-15-20-29)34(42)33(41)23-27(4)5)37-35(43)30(24-28-17-12-10-13-18-28)26-47(45,46)39(6)21-22-40(8-2)9-3/h1,10,12-13,17-18,27,29-34,41-42H,8-9,11,14-16,19-26H2,2-6H3,(H,37,43)(H,38,44)/t30?,31-,32?,33?,34+/m0/s1. The summed E-state index contributed by atoms with van der Waals surface area (Å²) in [5, 5.41) is 27.6. The van der Waals surface area contributed by atoms with Gasteiger partial charge in [-0.2, -0.15) is 0 Å². The van der Waals surface area contributed by atoms with E-state index in [9.17, 15) is 28.2 Å². The number of benzene rings is 1. The van der Waals surface area contributed by atoms with Gasteiger partial charge in [-0.3, -0.25) is 9.59 Å². The zero-order chi connectivity index (χ0) is 35.0. The Morgan fingerprint density at radius 2 is 1.64 bits per heavy atom. The molecule has 11 heteroatoms. The lowest BCUT2D eigenvalue weighted by molar-refractivity contribution is -0.132. The molecule has 0 aromatic heterocycles. The van der Waals surface area contributed by atoms with Gasteiger partial charge in [0.1, 0.15) is 12.1 Å². The highest BCUT2D eigenvalue weighted by Crippen LogP contribution is 2.29. The minimum Gasteiger partial charge on any atom is -0.390 e. The van der Waals surface area contributed by atoms with Gasteiger partial charge in [-0.15, -0.1) is 12.3 Å². The normalized spacial score (nSPS) is 17.6. The summed E-state index contributed by atoms with van der Waals surface area (Å²) in [6.45, 7) is 10.4. The van der Waals surface area contributed by atoms with Crippen LogP contribution >= 0.6 is 0 Å². The van der Waals surface area contributed by atoms with Crippen LogP contribution in [0.15, 0.2) is 30.3 Å². The second kappa shape index (κ2) is 20.8. The second-order valence-electron chi connectivity index (χ2n) is 13.5. The molecule has 10 nitrogen and oxygen atoms in total. The van der Waals surface area contributed by atoms with Gasteiger partial charge in [0.2, 0.25) is 21.8 Å². The topological polar surface area (TPSA) is 139 Å². The number of nitrogens with zero attached hydrogens (tertiary/aromatic N) is 2. The van der Waals surface area contributed by atoms with Crippen molar-refractivity contribution in [1.29, 1.82) is 0 Å². The Labute approximate surface area is 284 Å². The van der Waals surface area contributed by atoms with Crippen LogP contribution in [-0.2, 0) is 26.0 Å². The smallest absolute Gasteiger partial charge is 0.243 e. The molecule has 1 aromatic carbocycles. The Hall–Kier alpha value is -2.49. The van der Waals surface area contributed by atoms with Crippen LogP contribution in [0.5, 0.6) is 0 Å². The molecule has 1 aromatic rings. The third-order valence-corrected chi connectivity index (χ3v) is 11.3. The first-order chi connectivity index (χ1) is 22.3. The van der Waals surface area contributed by atoms with Crippen molar-refractivity contribution in [2.45, 2.75) is 110 Å². The lowest BCUT2D eigenvalue weighted by Crippen LogP contribution is -2.56. The van der Waals surface area contributed by atoms with E-state index in [4.69, 9.17) is 6.42 Å². The second-order valence-corrected chi connectivity index (χ2v) is 15.6. The molecule has 266 valence electrons. The van der Waals surface area contributed by atoms with Gasteiger partial charge < -0.3 is 25.7 Å². The van der Waals surface area contributed by atoms with Crippen LogP contribution in [0.2, 0.25) is 0 Å². The highest BCUT2D eigenvalue weighted by molar-refractivity contribution is 7.89. The Bertz CT molecular complexity index is 1210. The monoisotopic (exact) mass is 676 g/mol.